The minimum atomic E-state index is -3.36. The van der Waals surface area contributed by atoms with E-state index in [2.05, 4.69) is 5.32 Å². The number of benzene rings is 1. The number of rotatable bonds is 9. The molecule has 25 heavy (non-hydrogen) atoms. The minimum absolute atomic E-state index is 0.0526. The van der Waals surface area contributed by atoms with Crippen LogP contribution in [0.4, 0.5) is 5.69 Å². The fourth-order valence-corrected chi connectivity index (χ4v) is 3.48. The molecule has 0 bridgehead atoms. The van der Waals surface area contributed by atoms with Crippen LogP contribution in [0.2, 0.25) is 0 Å². The molecule has 0 aromatic heterocycles. The lowest BCUT2D eigenvalue weighted by Gasteiger charge is -2.25. The highest BCUT2D eigenvalue weighted by Gasteiger charge is 2.22. The summed E-state index contributed by atoms with van der Waals surface area (Å²) in [6.07, 6.45) is 1.87. The van der Waals surface area contributed by atoms with Gasteiger partial charge in [-0.3, -0.25) is 4.79 Å². The predicted molar refractivity (Wildman–Crippen MR) is 96.9 cm³/mol. The van der Waals surface area contributed by atoms with E-state index in [0.29, 0.717) is 24.3 Å². The van der Waals surface area contributed by atoms with Crippen molar-refractivity contribution in [1.82, 2.24) is 4.31 Å². The number of amides is 1. The van der Waals surface area contributed by atoms with Gasteiger partial charge in [-0.05, 0) is 44.5 Å². The second-order valence-electron chi connectivity index (χ2n) is 5.73. The average molecular weight is 370 g/mol. The van der Waals surface area contributed by atoms with Crippen molar-refractivity contribution in [3.05, 3.63) is 29.8 Å². The van der Waals surface area contributed by atoms with Crippen molar-refractivity contribution in [3.8, 4) is 0 Å². The van der Waals surface area contributed by atoms with Gasteiger partial charge in [0.15, 0.2) is 0 Å². The van der Waals surface area contributed by atoms with Gasteiger partial charge in [-0.1, -0.05) is 6.92 Å². The molecule has 1 amide bonds. The number of carbonyl (C=O) groups is 2. The average Bonchev–Trinajstić information content (AvgIpc) is 2.54. The lowest BCUT2D eigenvalue weighted by atomic mass is 10.2. The molecule has 0 radical (unpaired) electrons. The normalized spacial score (nSPS) is 12.7. The zero-order chi connectivity index (χ0) is 19.0. The van der Waals surface area contributed by atoms with Crippen molar-refractivity contribution < 1.29 is 22.7 Å². The van der Waals surface area contributed by atoms with E-state index in [1.165, 1.54) is 4.31 Å². The molecule has 1 N–H and O–H groups in total. The monoisotopic (exact) mass is 370 g/mol. The van der Waals surface area contributed by atoms with Gasteiger partial charge in [0.25, 0.3) is 0 Å². The summed E-state index contributed by atoms with van der Waals surface area (Å²) in [6, 6.07) is 6.18. The van der Waals surface area contributed by atoms with E-state index in [1.807, 2.05) is 13.8 Å². The lowest BCUT2D eigenvalue weighted by Crippen LogP contribution is -2.39. The molecule has 1 atom stereocenters. The van der Waals surface area contributed by atoms with E-state index >= 15 is 0 Å². The molecule has 1 aromatic carbocycles. The fourth-order valence-electron chi connectivity index (χ4n) is 2.26. The summed E-state index contributed by atoms with van der Waals surface area (Å²) in [7, 11) is -3.36. The third-order valence-corrected chi connectivity index (χ3v) is 5.14. The van der Waals surface area contributed by atoms with Crippen LogP contribution >= 0.6 is 0 Å². The van der Waals surface area contributed by atoms with E-state index in [9.17, 15) is 18.0 Å². The summed E-state index contributed by atoms with van der Waals surface area (Å²) in [5.74, 6) is -0.710. The molecule has 1 unspecified atom stereocenters. The van der Waals surface area contributed by atoms with Gasteiger partial charge in [-0.2, -0.15) is 4.31 Å². The Kier molecular flexibility index (Phi) is 8.05. The second kappa shape index (κ2) is 9.53. The maximum absolute atomic E-state index is 12.1. The van der Waals surface area contributed by atoms with Gasteiger partial charge in [0.1, 0.15) is 0 Å². The molecule has 1 aromatic rings. The molecule has 7 nitrogen and oxygen atoms in total. The SMILES string of the molecule is CCOC(=O)c1ccc(NC(=O)CCN(C(C)CC)S(C)(=O)=O)cc1. The van der Waals surface area contributed by atoms with Crippen molar-refractivity contribution >= 4 is 27.6 Å². The van der Waals surface area contributed by atoms with Crippen LogP contribution in [0.15, 0.2) is 24.3 Å². The molecule has 0 spiro atoms. The van der Waals surface area contributed by atoms with E-state index in [0.717, 1.165) is 6.26 Å². The molecule has 0 fully saturated rings. The molecule has 0 aliphatic heterocycles. The van der Waals surface area contributed by atoms with Crippen molar-refractivity contribution in [2.24, 2.45) is 0 Å². The highest BCUT2D eigenvalue weighted by atomic mass is 32.2. The molecule has 0 saturated carbocycles. The molecule has 0 aliphatic carbocycles. The smallest absolute Gasteiger partial charge is 0.338 e. The Labute approximate surface area is 149 Å². The van der Waals surface area contributed by atoms with Crippen molar-refractivity contribution in [2.45, 2.75) is 39.7 Å². The van der Waals surface area contributed by atoms with Crippen LogP contribution in [0.5, 0.6) is 0 Å². The Bertz CT molecular complexity index is 685. The molecular formula is C17H26N2O5S. The van der Waals surface area contributed by atoms with Crippen LogP contribution in [-0.4, -0.2) is 50.0 Å². The highest BCUT2D eigenvalue weighted by molar-refractivity contribution is 7.88. The molecule has 1 rings (SSSR count). The maximum Gasteiger partial charge on any atom is 0.338 e. The topological polar surface area (TPSA) is 92.8 Å². The summed E-state index contributed by atoms with van der Waals surface area (Å²) >= 11 is 0. The van der Waals surface area contributed by atoms with E-state index in [1.54, 1.807) is 31.2 Å². The van der Waals surface area contributed by atoms with Gasteiger partial charge in [-0.15, -0.1) is 0 Å². The van der Waals surface area contributed by atoms with Crippen molar-refractivity contribution in [1.29, 1.82) is 0 Å². The van der Waals surface area contributed by atoms with Gasteiger partial charge in [0, 0.05) is 24.7 Å². The summed E-state index contributed by atoms with van der Waals surface area (Å²) in [4.78, 5) is 23.6. The van der Waals surface area contributed by atoms with Gasteiger partial charge >= 0.3 is 5.97 Å². The standard InChI is InChI=1S/C17H26N2O5S/c1-5-13(3)19(25(4,22)23)12-11-16(20)18-15-9-7-14(8-10-15)17(21)24-6-2/h7-10,13H,5-6,11-12H2,1-4H3,(H,18,20). The van der Waals surface area contributed by atoms with Crippen molar-refractivity contribution in [2.75, 3.05) is 24.7 Å². The number of hydrogen-bond donors (Lipinski definition) is 1. The number of anilines is 1. The van der Waals surface area contributed by atoms with Crippen LogP contribution in [0.25, 0.3) is 0 Å². The summed E-state index contributed by atoms with van der Waals surface area (Å²) in [5.41, 5.74) is 0.937. The molecule has 0 aliphatic rings. The number of sulfonamides is 1. The summed E-state index contributed by atoms with van der Waals surface area (Å²) in [5, 5.41) is 2.69. The maximum atomic E-state index is 12.1. The number of nitrogens with zero attached hydrogens (tertiary/aromatic N) is 1. The first-order chi connectivity index (χ1) is 11.7. The largest absolute Gasteiger partial charge is 0.462 e. The zero-order valence-electron chi connectivity index (χ0n) is 15.1. The predicted octanol–water partition coefficient (Wildman–Crippen LogP) is 2.25. The van der Waals surface area contributed by atoms with E-state index < -0.39 is 16.0 Å². The molecule has 0 heterocycles. The fraction of sp³-hybridized carbons (Fsp3) is 0.529. The van der Waals surface area contributed by atoms with Crippen LogP contribution in [-0.2, 0) is 19.6 Å². The lowest BCUT2D eigenvalue weighted by molar-refractivity contribution is -0.116. The van der Waals surface area contributed by atoms with Gasteiger partial charge < -0.3 is 10.1 Å². The Hall–Kier alpha value is -1.93. The molecular weight excluding hydrogens is 344 g/mol. The van der Waals surface area contributed by atoms with Gasteiger partial charge in [0.2, 0.25) is 15.9 Å². The summed E-state index contributed by atoms with van der Waals surface area (Å²) < 4.78 is 29.8. The van der Waals surface area contributed by atoms with Crippen molar-refractivity contribution in [3.63, 3.8) is 0 Å². The third kappa shape index (κ3) is 6.83. The number of esters is 1. The Morgan fingerprint density at radius 3 is 2.28 bits per heavy atom. The first-order valence-electron chi connectivity index (χ1n) is 8.22. The van der Waals surface area contributed by atoms with Crippen LogP contribution in [0.3, 0.4) is 0 Å². The number of nitrogens with one attached hydrogen (secondary N) is 1. The van der Waals surface area contributed by atoms with Crippen LogP contribution < -0.4 is 5.32 Å². The Balaban J connectivity index is 2.63. The van der Waals surface area contributed by atoms with Gasteiger partial charge in [-0.25, -0.2) is 13.2 Å². The molecule has 0 saturated heterocycles. The van der Waals surface area contributed by atoms with Crippen LogP contribution in [0.1, 0.15) is 44.0 Å². The molecule has 8 heteroatoms. The minimum Gasteiger partial charge on any atom is -0.462 e. The molecule has 140 valence electrons. The third-order valence-electron chi connectivity index (χ3n) is 3.75. The highest BCUT2D eigenvalue weighted by Crippen LogP contribution is 2.13. The number of carbonyl (C=O) groups excluding carboxylic acids is 2. The van der Waals surface area contributed by atoms with E-state index in [4.69, 9.17) is 4.74 Å². The zero-order valence-corrected chi connectivity index (χ0v) is 15.9. The van der Waals surface area contributed by atoms with E-state index in [-0.39, 0.29) is 24.9 Å². The van der Waals surface area contributed by atoms with Crippen LogP contribution in [0, 0.1) is 0 Å². The number of ether oxygens (including phenoxy) is 1. The number of hydrogen-bond acceptors (Lipinski definition) is 5. The summed E-state index contributed by atoms with van der Waals surface area (Å²) in [6.45, 7) is 5.86. The second-order valence-corrected chi connectivity index (χ2v) is 7.66. The Morgan fingerprint density at radius 1 is 1.20 bits per heavy atom. The first-order valence-corrected chi connectivity index (χ1v) is 10.1. The van der Waals surface area contributed by atoms with Gasteiger partial charge in [0.05, 0.1) is 18.4 Å². The quantitative estimate of drug-likeness (QED) is 0.673. The Morgan fingerprint density at radius 2 is 1.80 bits per heavy atom. The first kappa shape index (κ1) is 21.1.